The van der Waals surface area contributed by atoms with Crippen LogP contribution in [0.5, 0.6) is 0 Å². The zero-order valence-electron chi connectivity index (χ0n) is 14.2. The molecule has 0 unspecified atom stereocenters. The molecule has 2 aromatic carbocycles. The highest BCUT2D eigenvalue weighted by Crippen LogP contribution is 2.36. The number of aromatic nitrogens is 1. The van der Waals surface area contributed by atoms with E-state index in [1.54, 1.807) is 5.38 Å². The van der Waals surface area contributed by atoms with Crippen molar-refractivity contribution in [2.24, 2.45) is 0 Å². The zero-order valence-corrected chi connectivity index (χ0v) is 15.0. The third-order valence-electron chi connectivity index (χ3n) is 4.51. The van der Waals surface area contributed by atoms with Crippen molar-refractivity contribution in [2.45, 2.75) is 19.0 Å². The van der Waals surface area contributed by atoms with Gasteiger partial charge in [-0.15, -0.1) is 11.3 Å². The number of thiazole rings is 1. The molecule has 3 nitrogen and oxygen atoms in total. The van der Waals surface area contributed by atoms with E-state index in [0.29, 0.717) is 36.3 Å². The van der Waals surface area contributed by atoms with Gasteiger partial charge in [-0.1, -0.05) is 30.3 Å². The van der Waals surface area contributed by atoms with E-state index in [-0.39, 0.29) is 5.91 Å². The van der Waals surface area contributed by atoms with Crippen LogP contribution >= 0.6 is 11.3 Å². The average molecular weight is 388 g/mol. The summed E-state index contributed by atoms with van der Waals surface area (Å²) in [7, 11) is 0. The lowest BCUT2D eigenvalue weighted by molar-refractivity contribution is -0.137. The normalized spacial score (nSPS) is 14.1. The van der Waals surface area contributed by atoms with Crippen molar-refractivity contribution in [3.63, 3.8) is 0 Å². The quantitative estimate of drug-likeness (QED) is 0.587. The minimum atomic E-state index is -4.39. The summed E-state index contributed by atoms with van der Waals surface area (Å²) in [6.07, 6.45) is -3.24. The van der Waals surface area contributed by atoms with Crippen LogP contribution in [0.3, 0.4) is 0 Å². The first-order chi connectivity index (χ1) is 12.9. The molecule has 1 aromatic heterocycles. The molecular weight excluding hydrogens is 373 g/mol. The fraction of sp³-hybridized carbons (Fsp3) is 0.200. The number of amides is 1. The number of alkyl halides is 3. The summed E-state index contributed by atoms with van der Waals surface area (Å²) in [6.45, 7) is 0.468. The molecule has 138 valence electrons. The molecule has 0 spiro atoms. The molecule has 0 aliphatic carbocycles. The number of anilines is 1. The number of halogens is 3. The number of hydrogen-bond acceptors (Lipinski definition) is 3. The first kappa shape index (κ1) is 17.7. The lowest BCUT2D eigenvalue weighted by Gasteiger charge is -2.29. The molecule has 1 amide bonds. The number of carbonyl (C=O) groups is 1. The second-order valence-corrected chi connectivity index (χ2v) is 7.16. The van der Waals surface area contributed by atoms with Crippen molar-refractivity contribution < 1.29 is 18.0 Å². The van der Waals surface area contributed by atoms with Crippen molar-refractivity contribution in [3.8, 4) is 10.6 Å². The highest BCUT2D eigenvalue weighted by atomic mass is 32.1. The number of rotatable bonds is 2. The van der Waals surface area contributed by atoms with E-state index >= 15 is 0 Å². The Bertz CT molecular complexity index is 982. The minimum Gasteiger partial charge on any atom is -0.307 e. The van der Waals surface area contributed by atoms with Crippen LogP contribution in [0.4, 0.5) is 18.9 Å². The third kappa shape index (κ3) is 3.47. The Balaban J connectivity index is 1.64. The smallest absolute Gasteiger partial charge is 0.307 e. The Morgan fingerprint density at radius 2 is 1.89 bits per heavy atom. The standard InChI is InChI=1S/C20H15F3N2OS/c21-20(22,23)15-8-9-17-14(11-15)7-4-10-25(17)19(26)16-12-27-18(24-16)13-5-2-1-3-6-13/h1-3,5-6,8-9,11-12H,4,7,10H2. The Hall–Kier alpha value is -2.67. The van der Waals surface area contributed by atoms with Crippen LogP contribution in [0.25, 0.3) is 10.6 Å². The molecule has 3 aromatic rings. The SMILES string of the molecule is O=C(c1csc(-c2ccccc2)n1)N1CCCc2cc(C(F)(F)F)ccc21. The lowest BCUT2D eigenvalue weighted by atomic mass is 9.98. The molecule has 0 N–H and O–H groups in total. The fourth-order valence-corrected chi connectivity index (χ4v) is 4.01. The predicted octanol–water partition coefficient (Wildman–Crippen LogP) is 5.42. The van der Waals surface area contributed by atoms with Gasteiger partial charge in [-0.2, -0.15) is 13.2 Å². The number of aryl methyl sites for hydroxylation is 1. The summed E-state index contributed by atoms with van der Waals surface area (Å²) in [4.78, 5) is 18.9. The summed E-state index contributed by atoms with van der Waals surface area (Å²) < 4.78 is 38.9. The van der Waals surface area contributed by atoms with Crippen LogP contribution in [0, 0.1) is 0 Å². The summed E-state index contributed by atoms with van der Waals surface area (Å²) in [5, 5.41) is 2.44. The van der Waals surface area contributed by atoms with Gasteiger partial charge in [-0.3, -0.25) is 4.79 Å². The Morgan fingerprint density at radius 1 is 1.11 bits per heavy atom. The number of nitrogens with zero attached hydrogens (tertiary/aromatic N) is 2. The molecule has 0 bridgehead atoms. The van der Waals surface area contributed by atoms with Gasteiger partial charge < -0.3 is 4.90 Å². The molecule has 0 saturated heterocycles. The van der Waals surface area contributed by atoms with Crippen LogP contribution in [0.1, 0.15) is 28.0 Å². The largest absolute Gasteiger partial charge is 0.416 e. The van der Waals surface area contributed by atoms with E-state index < -0.39 is 11.7 Å². The molecule has 1 aliphatic rings. The zero-order chi connectivity index (χ0) is 19.0. The van der Waals surface area contributed by atoms with E-state index in [2.05, 4.69) is 4.98 Å². The first-order valence-electron chi connectivity index (χ1n) is 8.46. The maximum Gasteiger partial charge on any atom is 0.416 e. The molecule has 0 atom stereocenters. The Labute approximate surface area is 158 Å². The van der Waals surface area contributed by atoms with Crippen molar-refractivity contribution in [1.82, 2.24) is 4.98 Å². The third-order valence-corrected chi connectivity index (χ3v) is 5.41. The fourth-order valence-electron chi connectivity index (χ4n) is 3.21. The molecule has 0 radical (unpaired) electrons. The summed E-state index contributed by atoms with van der Waals surface area (Å²) >= 11 is 1.37. The maximum atomic E-state index is 13.0. The maximum absolute atomic E-state index is 13.0. The molecule has 0 fully saturated rings. The van der Waals surface area contributed by atoms with Gasteiger partial charge in [0.1, 0.15) is 10.7 Å². The second kappa shape index (κ2) is 6.81. The molecule has 27 heavy (non-hydrogen) atoms. The van der Waals surface area contributed by atoms with E-state index in [9.17, 15) is 18.0 Å². The number of fused-ring (bicyclic) bond motifs is 1. The molecular formula is C20H15F3N2OS. The van der Waals surface area contributed by atoms with Gasteiger partial charge in [0.2, 0.25) is 0 Å². The summed E-state index contributed by atoms with van der Waals surface area (Å²) in [6, 6.07) is 13.1. The lowest BCUT2D eigenvalue weighted by Crippen LogP contribution is -2.35. The van der Waals surface area contributed by atoms with Gasteiger partial charge in [-0.25, -0.2) is 4.98 Å². The molecule has 4 rings (SSSR count). The topological polar surface area (TPSA) is 33.2 Å². The van der Waals surface area contributed by atoms with Crippen molar-refractivity contribution in [2.75, 3.05) is 11.4 Å². The Kier molecular flexibility index (Phi) is 4.47. The van der Waals surface area contributed by atoms with E-state index in [0.717, 1.165) is 22.7 Å². The number of carbonyl (C=O) groups excluding carboxylic acids is 1. The van der Waals surface area contributed by atoms with Gasteiger partial charge in [0, 0.05) is 23.2 Å². The molecule has 1 aliphatic heterocycles. The van der Waals surface area contributed by atoms with E-state index in [4.69, 9.17) is 0 Å². The summed E-state index contributed by atoms with van der Waals surface area (Å²) in [5.74, 6) is -0.283. The van der Waals surface area contributed by atoms with Gasteiger partial charge in [-0.05, 0) is 36.6 Å². The molecule has 7 heteroatoms. The van der Waals surface area contributed by atoms with Gasteiger partial charge in [0.05, 0.1) is 5.56 Å². The Morgan fingerprint density at radius 3 is 2.63 bits per heavy atom. The number of benzene rings is 2. The molecule has 2 heterocycles. The highest BCUT2D eigenvalue weighted by molar-refractivity contribution is 7.13. The van der Waals surface area contributed by atoms with Crippen LogP contribution in [-0.2, 0) is 12.6 Å². The van der Waals surface area contributed by atoms with Gasteiger partial charge in [0.15, 0.2) is 0 Å². The molecule has 0 saturated carbocycles. The van der Waals surface area contributed by atoms with E-state index in [1.165, 1.54) is 22.3 Å². The van der Waals surface area contributed by atoms with Crippen molar-refractivity contribution in [1.29, 1.82) is 0 Å². The van der Waals surface area contributed by atoms with Gasteiger partial charge in [0.25, 0.3) is 5.91 Å². The van der Waals surface area contributed by atoms with Crippen LogP contribution in [0.15, 0.2) is 53.9 Å². The predicted molar refractivity (Wildman–Crippen MR) is 99.0 cm³/mol. The van der Waals surface area contributed by atoms with Crippen LogP contribution in [0.2, 0.25) is 0 Å². The van der Waals surface area contributed by atoms with E-state index in [1.807, 2.05) is 30.3 Å². The number of hydrogen-bond donors (Lipinski definition) is 0. The highest BCUT2D eigenvalue weighted by Gasteiger charge is 2.33. The van der Waals surface area contributed by atoms with Crippen molar-refractivity contribution >= 4 is 22.9 Å². The van der Waals surface area contributed by atoms with Gasteiger partial charge >= 0.3 is 6.18 Å². The first-order valence-corrected chi connectivity index (χ1v) is 9.34. The average Bonchev–Trinajstić information content (AvgIpc) is 3.17. The summed E-state index contributed by atoms with van der Waals surface area (Å²) in [5.41, 5.74) is 1.63. The van der Waals surface area contributed by atoms with Crippen molar-refractivity contribution in [3.05, 3.63) is 70.7 Å². The van der Waals surface area contributed by atoms with Crippen LogP contribution < -0.4 is 4.90 Å². The van der Waals surface area contributed by atoms with Crippen LogP contribution in [-0.4, -0.2) is 17.4 Å². The monoisotopic (exact) mass is 388 g/mol. The second-order valence-electron chi connectivity index (χ2n) is 6.31. The minimum absolute atomic E-state index is 0.283.